The molecule has 0 saturated carbocycles. The third kappa shape index (κ3) is 5.19. The molecule has 8 aromatic rings. The summed E-state index contributed by atoms with van der Waals surface area (Å²) in [6.07, 6.45) is 0. The normalized spacial score (nSPS) is 11.7. The largest absolute Gasteiger partial charge is 0.456 e. The number of hydrogen-bond acceptors (Lipinski definition) is 1. The lowest BCUT2D eigenvalue weighted by atomic mass is 9.55. The standard InChI is InChI=1S/C38H41B17O/c39-22-15-13(8-5-6-12-10(7-8)9-3-1-2-4-11(9)56-12)16-18(25(42)35(52)33(50)23(16)40)14(17(15)24(41)34(51)32(22)49)19-26(43)28(45)20(29(46)27(19)44)21-30(47)36(53)38(55)37(54)31(21)48/h1-7H,39-55H2. The first-order valence-corrected chi connectivity index (χ1v) is 20.5. The van der Waals surface area contributed by atoms with Crippen molar-refractivity contribution in [3.63, 3.8) is 0 Å². The van der Waals surface area contributed by atoms with Gasteiger partial charge in [-0.25, -0.2) is 0 Å². The van der Waals surface area contributed by atoms with E-state index in [9.17, 15) is 0 Å². The first-order chi connectivity index (χ1) is 26.4. The van der Waals surface area contributed by atoms with Crippen LogP contribution in [0.3, 0.4) is 0 Å². The van der Waals surface area contributed by atoms with Gasteiger partial charge >= 0.3 is 0 Å². The highest BCUT2D eigenvalue weighted by Crippen LogP contribution is 2.41. The molecule has 7 aromatic carbocycles. The molecule has 18 heteroatoms. The quantitative estimate of drug-likeness (QED) is 0.132. The van der Waals surface area contributed by atoms with Crippen LogP contribution in [0.15, 0.2) is 46.9 Å². The van der Waals surface area contributed by atoms with E-state index < -0.39 is 0 Å². The van der Waals surface area contributed by atoms with Gasteiger partial charge in [0, 0.05) is 10.8 Å². The molecule has 1 nitrogen and oxygen atoms in total. The van der Waals surface area contributed by atoms with E-state index in [1.165, 1.54) is 153 Å². The number of fused-ring (bicyclic) bond motifs is 5. The summed E-state index contributed by atoms with van der Waals surface area (Å²) >= 11 is 0. The zero-order valence-electron chi connectivity index (χ0n) is 36.9. The number of para-hydroxylation sites is 1. The highest BCUT2D eigenvalue weighted by molar-refractivity contribution is 6.74. The summed E-state index contributed by atoms with van der Waals surface area (Å²) in [5, 5.41) is 7.87. The Morgan fingerprint density at radius 1 is 0.268 bits per heavy atom. The van der Waals surface area contributed by atoms with Crippen molar-refractivity contribution < 1.29 is 4.42 Å². The number of benzene rings is 7. The molecule has 0 aliphatic rings. The molecule has 250 valence electrons. The zero-order chi connectivity index (χ0) is 40.6. The predicted molar refractivity (Wildman–Crippen MR) is 304 cm³/mol. The predicted octanol–water partition coefficient (Wildman–Crippen LogP) is -18.7. The lowest BCUT2D eigenvalue weighted by molar-refractivity contribution is 0.669. The van der Waals surface area contributed by atoms with Crippen LogP contribution in [0.1, 0.15) is 0 Å². The van der Waals surface area contributed by atoms with Crippen LogP contribution < -0.4 is 92.9 Å². The summed E-state index contributed by atoms with van der Waals surface area (Å²) in [6.45, 7) is 0. The molecule has 8 rings (SSSR count). The van der Waals surface area contributed by atoms with Gasteiger partial charge < -0.3 is 4.42 Å². The lowest BCUT2D eigenvalue weighted by Gasteiger charge is -2.31. The van der Waals surface area contributed by atoms with Gasteiger partial charge in [-0.05, 0) is 73.1 Å². The van der Waals surface area contributed by atoms with Crippen LogP contribution in [-0.2, 0) is 0 Å². The Hall–Kier alpha value is -4.04. The monoisotopic (exact) mass is 700 g/mol. The Morgan fingerprint density at radius 2 is 0.589 bits per heavy atom. The second-order valence-corrected chi connectivity index (χ2v) is 17.3. The molecule has 0 saturated heterocycles. The molecule has 0 atom stereocenters. The van der Waals surface area contributed by atoms with Gasteiger partial charge in [0.15, 0.2) is 0 Å². The van der Waals surface area contributed by atoms with E-state index in [1.807, 2.05) is 0 Å². The molecule has 0 amide bonds. The molecule has 1 heterocycles. The maximum Gasteiger partial charge on any atom is 0.139 e. The Morgan fingerprint density at radius 3 is 1.04 bits per heavy atom. The van der Waals surface area contributed by atoms with Gasteiger partial charge in [-0.3, -0.25) is 0 Å². The van der Waals surface area contributed by atoms with Gasteiger partial charge in [-0.1, -0.05) is 78.9 Å². The molecule has 0 spiro atoms. The van der Waals surface area contributed by atoms with Crippen LogP contribution in [0.25, 0.3) is 76.9 Å². The highest BCUT2D eigenvalue weighted by Gasteiger charge is 2.28. The van der Waals surface area contributed by atoms with Crippen molar-refractivity contribution in [3.8, 4) is 33.4 Å². The third-order valence-corrected chi connectivity index (χ3v) is 15.2. The first-order valence-electron chi connectivity index (χ1n) is 20.5. The summed E-state index contributed by atoms with van der Waals surface area (Å²) < 4.78 is 6.37. The van der Waals surface area contributed by atoms with E-state index in [0.717, 1.165) is 16.6 Å². The summed E-state index contributed by atoms with van der Waals surface area (Å²) in [5.74, 6) is 0. The smallest absolute Gasteiger partial charge is 0.139 e. The van der Waals surface area contributed by atoms with E-state index in [1.54, 1.807) is 0 Å². The molecule has 56 heavy (non-hydrogen) atoms. The minimum absolute atomic E-state index is 0.932. The fourth-order valence-electron chi connectivity index (χ4n) is 10.5. The third-order valence-electron chi connectivity index (χ3n) is 15.2. The van der Waals surface area contributed by atoms with Crippen LogP contribution in [0.4, 0.5) is 0 Å². The van der Waals surface area contributed by atoms with E-state index in [0.29, 0.717) is 0 Å². The van der Waals surface area contributed by atoms with E-state index >= 15 is 0 Å². The van der Waals surface area contributed by atoms with Crippen molar-refractivity contribution in [2.24, 2.45) is 0 Å². The molecular formula is C38H41B17O. The Balaban J connectivity index is 1.63. The number of furan rings is 1. The number of rotatable bonds is 3. The van der Waals surface area contributed by atoms with Gasteiger partial charge in [-0.2, -0.15) is 0 Å². The van der Waals surface area contributed by atoms with Crippen molar-refractivity contribution in [2.45, 2.75) is 0 Å². The van der Waals surface area contributed by atoms with Crippen molar-refractivity contribution in [2.75, 3.05) is 0 Å². The summed E-state index contributed by atoms with van der Waals surface area (Å²) in [4.78, 5) is 0. The minimum atomic E-state index is 0.932. The van der Waals surface area contributed by atoms with Crippen LogP contribution in [-0.4, -0.2) is 133 Å². The molecule has 0 unspecified atom stereocenters. The minimum Gasteiger partial charge on any atom is -0.456 e. The average molecular weight is 698 g/mol. The van der Waals surface area contributed by atoms with Gasteiger partial charge in [0.25, 0.3) is 0 Å². The van der Waals surface area contributed by atoms with Crippen LogP contribution in [0.5, 0.6) is 0 Å². The fraction of sp³-hybridized carbons (Fsp3) is 0. The van der Waals surface area contributed by atoms with E-state index in [4.69, 9.17) is 4.42 Å². The average Bonchev–Trinajstić information content (AvgIpc) is 3.56. The van der Waals surface area contributed by atoms with Crippen molar-refractivity contribution in [3.05, 3.63) is 42.5 Å². The van der Waals surface area contributed by atoms with Crippen molar-refractivity contribution in [1.82, 2.24) is 0 Å². The van der Waals surface area contributed by atoms with Crippen molar-refractivity contribution in [1.29, 1.82) is 0 Å². The molecule has 0 aliphatic carbocycles. The molecular weight excluding hydrogens is 656 g/mol. The van der Waals surface area contributed by atoms with Crippen LogP contribution >= 0.6 is 0 Å². The maximum absolute atomic E-state index is 6.37. The van der Waals surface area contributed by atoms with E-state index in [-0.39, 0.29) is 0 Å². The van der Waals surface area contributed by atoms with E-state index in [2.05, 4.69) is 176 Å². The summed E-state index contributed by atoms with van der Waals surface area (Å²) in [7, 11) is 39.9. The van der Waals surface area contributed by atoms with Gasteiger partial charge in [0.05, 0.1) is 0 Å². The molecule has 0 N–H and O–H groups in total. The van der Waals surface area contributed by atoms with Crippen molar-refractivity contribution >= 4 is 270 Å². The first kappa shape index (κ1) is 38.8. The lowest BCUT2D eigenvalue weighted by Crippen LogP contribution is -2.57. The zero-order valence-corrected chi connectivity index (χ0v) is 36.9. The second-order valence-electron chi connectivity index (χ2n) is 17.3. The molecule has 1 aromatic heterocycles. The maximum atomic E-state index is 6.37. The van der Waals surface area contributed by atoms with Crippen LogP contribution in [0, 0.1) is 0 Å². The number of hydrogen-bond donors (Lipinski definition) is 0. The van der Waals surface area contributed by atoms with Gasteiger partial charge in [0.1, 0.15) is 145 Å². The second kappa shape index (κ2) is 13.5. The Bertz CT molecular complexity index is 2970. The Labute approximate surface area is 348 Å². The van der Waals surface area contributed by atoms with Gasteiger partial charge in [0.2, 0.25) is 0 Å². The SMILES string of the molecule is Bc1c(B)c(B)c(-c2c(B)c(B)c(-c3c4c(B)c(B)c(B)c(B)c4c(-c4ccc5oc6ccccc6c5c4)c4c(B)c(B)c(B)c(B)c34)c(B)c2B)c(B)c1B. The molecule has 0 fully saturated rings. The molecule has 0 aliphatic heterocycles. The molecule has 0 radical (unpaired) electrons. The van der Waals surface area contributed by atoms with Gasteiger partial charge in [-0.15, -0.1) is 38.2 Å². The summed E-state index contributed by atoms with van der Waals surface area (Å²) in [6, 6.07) is 15.4. The topological polar surface area (TPSA) is 13.1 Å². The Kier molecular flexibility index (Phi) is 9.38. The fourth-order valence-corrected chi connectivity index (χ4v) is 10.5. The summed E-state index contributed by atoms with van der Waals surface area (Å²) in [5.41, 5.74) is 33.7. The molecule has 0 bridgehead atoms. The van der Waals surface area contributed by atoms with Crippen LogP contribution in [0.2, 0.25) is 0 Å². The highest BCUT2D eigenvalue weighted by atomic mass is 16.3.